The Kier molecular flexibility index (Phi) is 52.3. The molecule has 0 bridgehead atoms. The van der Waals surface area contributed by atoms with E-state index in [9.17, 15) is 14.4 Å². The summed E-state index contributed by atoms with van der Waals surface area (Å²) in [5.74, 6) is -0.901. The molecule has 0 aromatic carbocycles. The maximum absolute atomic E-state index is 12.8. The van der Waals surface area contributed by atoms with Crippen molar-refractivity contribution in [2.24, 2.45) is 0 Å². The molecule has 6 heteroatoms. The van der Waals surface area contributed by atoms with Gasteiger partial charge >= 0.3 is 17.9 Å². The number of rotatable bonds is 51. The Morgan fingerprint density at radius 1 is 0.318 bits per heavy atom. The Labute approximate surface area is 409 Å². The smallest absolute Gasteiger partial charge is 0.306 e. The lowest BCUT2D eigenvalue weighted by atomic mass is 10.0. The normalized spacial score (nSPS) is 12.5. The van der Waals surface area contributed by atoms with Crippen LogP contribution in [0.2, 0.25) is 0 Å². The first kappa shape index (κ1) is 63.1. The molecule has 0 aromatic heterocycles. The molecule has 66 heavy (non-hydrogen) atoms. The molecule has 0 aromatic rings. The van der Waals surface area contributed by atoms with Gasteiger partial charge in [0.25, 0.3) is 0 Å². The van der Waals surface area contributed by atoms with Crippen LogP contribution < -0.4 is 0 Å². The summed E-state index contributed by atoms with van der Waals surface area (Å²) in [5.41, 5.74) is 0. The van der Waals surface area contributed by atoms with Gasteiger partial charge in [-0.05, 0) is 64.2 Å². The van der Waals surface area contributed by atoms with Crippen molar-refractivity contribution in [1.82, 2.24) is 0 Å². The monoisotopic (exact) mass is 923 g/mol. The Hall–Kier alpha value is -2.89. The Morgan fingerprint density at radius 3 is 0.924 bits per heavy atom. The van der Waals surface area contributed by atoms with Gasteiger partial charge in [0, 0.05) is 19.3 Å². The van der Waals surface area contributed by atoms with Gasteiger partial charge in [-0.3, -0.25) is 14.4 Å². The van der Waals surface area contributed by atoms with Crippen LogP contribution >= 0.6 is 0 Å². The summed E-state index contributed by atoms with van der Waals surface area (Å²) >= 11 is 0. The lowest BCUT2D eigenvalue weighted by Crippen LogP contribution is -2.30. The maximum Gasteiger partial charge on any atom is 0.306 e. The number of esters is 3. The Bertz CT molecular complexity index is 1200. The van der Waals surface area contributed by atoms with Gasteiger partial charge in [0.1, 0.15) is 13.2 Å². The van der Waals surface area contributed by atoms with Crippen LogP contribution in [0.15, 0.2) is 60.8 Å². The van der Waals surface area contributed by atoms with Crippen LogP contribution in [0, 0.1) is 0 Å². The second-order valence-corrected chi connectivity index (χ2v) is 18.8. The number of allylic oxidation sites excluding steroid dienone is 10. The van der Waals surface area contributed by atoms with Gasteiger partial charge in [-0.15, -0.1) is 0 Å². The van der Waals surface area contributed by atoms with E-state index in [0.717, 1.165) is 96.3 Å². The Morgan fingerprint density at radius 2 is 0.591 bits per heavy atom. The van der Waals surface area contributed by atoms with Crippen LogP contribution in [-0.2, 0) is 28.6 Å². The molecular weight excluding hydrogens is 817 g/mol. The highest BCUT2D eigenvalue weighted by atomic mass is 16.6. The molecular formula is C60H106O6. The van der Waals surface area contributed by atoms with Crippen LogP contribution in [-0.4, -0.2) is 37.2 Å². The quantitative estimate of drug-likeness (QED) is 0.0262. The summed E-state index contributed by atoms with van der Waals surface area (Å²) in [5, 5.41) is 0. The van der Waals surface area contributed by atoms with Crippen molar-refractivity contribution in [2.75, 3.05) is 13.2 Å². The molecule has 0 saturated carbocycles. The molecule has 0 saturated heterocycles. The van der Waals surface area contributed by atoms with Gasteiger partial charge in [-0.1, -0.05) is 261 Å². The summed E-state index contributed by atoms with van der Waals surface area (Å²) in [4.78, 5) is 38.1. The number of ether oxygens (including phenoxy) is 3. The van der Waals surface area contributed by atoms with Gasteiger partial charge in [0.15, 0.2) is 6.10 Å². The molecule has 0 N–H and O–H groups in total. The zero-order valence-corrected chi connectivity index (χ0v) is 43.7. The van der Waals surface area contributed by atoms with Gasteiger partial charge < -0.3 is 14.2 Å². The van der Waals surface area contributed by atoms with Crippen LogP contribution in [0.25, 0.3) is 0 Å². The zero-order valence-electron chi connectivity index (χ0n) is 43.7. The molecule has 1 atom stereocenters. The lowest BCUT2D eigenvalue weighted by Gasteiger charge is -2.18. The highest BCUT2D eigenvalue weighted by Gasteiger charge is 2.19. The molecule has 382 valence electrons. The van der Waals surface area contributed by atoms with Crippen LogP contribution in [0.4, 0.5) is 0 Å². The third kappa shape index (κ3) is 52.1. The largest absolute Gasteiger partial charge is 0.462 e. The molecule has 0 unspecified atom stereocenters. The van der Waals surface area contributed by atoms with E-state index in [0.29, 0.717) is 19.3 Å². The molecule has 0 spiro atoms. The fourth-order valence-electron chi connectivity index (χ4n) is 8.06. The van der Waals surface area contributed by atoms with Crippen LogP contribution in [0.3, 0.4) is 0 Å². The van der Waals surface area contributed by atoms with Crippen molar-refractivity contribution in [2.45, 2.75) is 290 Å². The average molecular weight is 924 g/mol. The van der Waals surface area contributed by atoms with Crippen molar-refractivity contribution in [1.29, 1.82) is 0 Å². The SMILES string of the molecule is CC/C=C\C/C=C\C/C=C\C/C=C\C/C=C\CCCCCC(=O)OC[C@@H](COC(=O)CCCCCCCCCCCCCCC)OC(=O)CCCCCCCCCCCCCCCCCC. The molecule has 0 heterocycles. The number of hydrogen-bond acceptors (Lipinski definition) is 6. The van der Waals surface area contributed by atoms with Crippen molar-refractivity contribution in [3.8, 4) is 0 Å². The van der Waals surface area contributed by atoms with E-state index in [4.69, 9.17) is 14.2 Å². The molecule has 0 fully saturated rings. The van der Waals surface area contributed by atoms with E-state index >= 15 is 0 Å². The first-order valence-corrected chi connectivity index (χ1v) is 28.3. The van der Waals surface area contributed by atoms with Gasteiger partial charge in [0.2, 0.25) is 0 Å². The van der Waals surface area contributed by atoms with Crippen molar-refractivity contribution < 1.29 is 28.6 Å². The Balaban J connectivity index is 4.40. The average Bonchev–Trinajstić information content (AvgIpc) is 3.31. The minimum Gasteiger partial charge on any atom is -0.462 e. The van der Waals surface area contributed by atoms with Gasteiger partial charge in [-0.25, -0.2) is 0 Å². The molecule has 0 amide bonds. The predicted octanol–water partition coefficient (Wildman–Crippen LogP) is 18.8. The summed E-state index contributed by atoms with van der Waals surface area (Å²) in [7, 11) is 0. The molecule has 6 nitrogen and oxygen atoms in total. The van der Waals surface area contributed by atoms with E-state index in [1.54, 1.807) is 0 Å². The summed E-state index contributed by atoms with van der Waals surface area (Å²) in [6.45, 7) is 6.53. The first-order chi connectivity index (χ1) is 32.5. The van der Waals surface area contributed by atoms with Crippen LogP contribution in [0.1, 0.15) is 284 Å². The molecule has 0 aliphatic rings. The van der Waals surface area contributed by atoms with Crippen molar-refractivity contribution in [3.63, 3.8) is 0 Å². The lowest BCUT2D eigenvalue weighted by molar-refractivity contribution is -0.167. The molecule has 0 aliphatic heterocycles. The van der Waals surface area contributed by atoms with E-state index in [-0.39, 0.29) is 31.1 Å². The number of carbonyl (C=O) groups is 3. The molecule has 0 rings (SSSR count). The van der Waals surface area contributed by atoms with E-state index in [1.807, 2.05) is 0 Å². The number of unbranched alkanes of at least 4 members (excludes halogenated alkanes) is 30. The van der Waals surface area contributed by atoms with Crippen LogP contribution in [0.5, 0.6) is 0 Å². The minimum atomic E-state index is -0.784. The van der Waals surface area contributed by atoms with Crippen molar-refractivity contribution in [3.05, 3.63) is 60.8 Å². The van der Waals surface area contributed by atoms with E-state index in [2.05, 4.69) is 81.5 Å². The predicted molar refractivity (Wildman–Crippen MR) is 284 cm³/mol. The fraction of sp³-hybridized carbons (Fsp3) is 0.783. The summed E-state index contributed by atoms with van der Waals surface area (Å²) in [6, 6.07) is 0. The number of carbonyl (C=O) groups excluding carboxylic acids is 3. The maximum atomic E-state index is 12.8. The highest BCUT2D eigenvalue weighted by molar-refractivity contribution is 5.71. The topological polar surface area (TPSA) is 78.9 Å². The number of hydrogen-bond donors (Lipinski definition) is 0. The highest BCUT2D eigenvalue weighted by Crippen LogP contribution is 2.16. The standard InChI is InChI=1S/C60H106O6/c1-4-7-10-13-16-19-22-25-27-29-30-31-33-35-38-41-44-47-50-53-59(62)65-56-57(55-64-58(61)52-49-46-43-40-37-34-24-21-18-15-12-9-6-3)66-60(63)54-51-48-45-42-39-36-32-28-26-23-20-17-14-11-8-5-2/h7,10,16,19,25,27,30-31,35,38,57H,4-6,8-9,11-15,17-18,20-24,26,28-29,32-34,36-37,39-56H2,1-3H3/b10-7-,19-16-,27-25-,31-30-,38-35-/t57-/m1/s1. The van der Waals surface area contributed by atoms with E-state index in [1.165, 1.54) is 148 Å². The molecule has 0 aliphatic carbocycles. The second-order valence-electron chi connectivity index (χ2n) is 18.8. The third-order valence-corrected chi connectivity index (χ3v) is 12.3. The minimum absolute atomic E-state index is 0.0808. The van der Waals surface area contributed by atoms with E-state index < -0.39 is 6.10 Å². The summed E-state index contributed by atoms with van der Waals surface area (Å²) in [6.07, 6.45) is 67.8. The van der Waals surface area contributed by atoms with Crippen molar-refractivity contribution >= 4 is 17.9 Å². The fourth-order valence-corrected chi connectivity index (χ4v) is 8.06. The third-order valence-electron chi connectivity index (χ3n) is 12.3. The first-order valence-electron chi connectivity index (χ1n) is 28.3. The summed E-state index contributed by atoms with van der Waals surface area (Å²) < 4.78 is 16.8. The van der Waals surface area contributed by atoms with Gasteiger partial charge in [0.05, 0.1) is 0 Å². The second kappa shape index (κ2) is 54.7. The van der Waals surface area contributed by atoms with Gasteiger partial charge in [-0.2, -0.15) is 0 Å². The molecule has 0 radical (unpaired) electrons. The zero-order chi connectivity index (χ0) is 47.9.